The summed E-state index contributed by atoms with van der Waals surface area (Å²) in [5.74, 6) is 1.08. The first-order valence-electron chi connectivity index (χ1n) is 8.09. The molecule has 1 aromatic rings. The van der Waals surface area contributed by atoms with Gasteiger partial charge in [-0.15, -0.1) is 0 Å². The Bertz CT molecular complexity index is 622. The van der Waals surface area contributed by atoms with Gasteiger partial charge in [-0.3, -0.25) is 0 Å². The van der Waals surface area contributed by atoms with Crippen LogP contribution in [0.5, 0.6) is 0 Å². The fourth-order valence-corrected chi connectivity index (χ4v) is 5.24. The monoisotopic (exact) mass is 328 g/mol. The Balaban J connectivity index is 1.83. The van der Waals surface area contributed by atoms with E-state index in [4.69, 9.17) is 10.3 Å². The lowest BCUT2D eigenvalue weighted by atomic mass is 9.99. The first-order chi connectivity index (χ1) is 10.5. The van der Waals surface area contributed by atoms with Gasteiger partial charge < -0.3 is 10.3 Å². The minimum absolute atomic E-state index is 0.158. The molecule has 0 radical (unpaired) electrons. The smallest absolute Gasteiger partial charge is 0.245 e. The van der Waals surface area contributed by atoms with Crippen molar-refractivity contribution in [2.24, 2.45) is 5.73 Å². The van der Waals surface area contributed by atoms with E-state index in [9.17, 15) is 8.42 Å². The molecule has 1 aromatic heterocycles. The summed E-state index contributed by atoms with van der Waals surface area (Å²) in [7, 11) is -3.26. The third kappa shape index (κ3) is 2.79. The van der Waals surface area contributed by atoms with Gasteiger partial charge in [-0.1, -0.05) is 24.9 Å². The molecule has 1 saturated carbocycles. The molecule has 3 rings (SSSR count). The minimum atomic E-state index is -3.26. The van der Waals surface area contributed by atoms with Crippen LogP contribution in [0.25, 0.3) is 0 Å². The molecule has 1 aliphatic carbocycles. The molecule has 7 nitrogen and oxygen atoms in total. The maximum Gasteiger partial charge on any atom is 0.245 e. The number of nitrogens with zero attached hydrogens (tertiary/aromatic N) is 3. The Kier molecular flexibility index (Phi) is 4.26. The average Bonchev–Trinajstić information content (AvgIpc) is 3.18. The molecule has 1 saturated heterocycles. The van der Waals surface area contributed by atoms with E-state index in [1.807, 2.05) is 6.92 Å². The number of hydrogen-bond acceptors (Lipinski definition) is 6. The second-order valence-corrected chi connectivity index (χ2v) is 8.45. The van der Waals surface area contributed by atoms with Gasteiger partial charge in [-0.2, -0.15) is 9.29 Å². The Morgan fingerprint density at radius 3 is 2.77 bits per heavy atom. The molecule has 0 spiro atoms. The topological polar surface area (TPSA) is 102 Å². The van der Waals surface area contributed by atoms with Crippen molar-refractivity contribution in [1.82, 2.24) is 14.4 Å². The number of sulfonamides is 1. The zero-order chi connectivity index (χ0) is 15.8. The molecular weight excluding hydrogens is 304 g/mol. The van der Waals surface area contributed by atoms with E-state index in [0.29, 0.717) is 24.7 Å². The zero-order valence-electron chi connectivity index (χ0n) is 13.0. The zero-order valence-corrected chi connectivity index (χ0v) is 13.8. The Morgan fingerprint density at radius 2 is 2.09 bits per heavy atom. The minimum Gasteiger partial charge on any atom is -0.337 e. The summed E-state index contributed by atoms with van der Waals surface area (Å²) in [6.45, 7) is 2.39. The molecule has 1 atom stereocenters. The normalized spacial score (nSPS) is 25.8. The maximum atomic E-state index is 12.4. The SMILES string of the molecule is CCCS(=O)(=O)N1CCCC1c1nc(C2(N)CCCC2)no1. The van der Waals surface area contributed by atoms with Crippen molar-refractivity contribution in [2.45, 2.75) is 63.5 Å². The van der Waals surface area contributed by atoms with Crippen molar-refractivity contribution in [3.8, 4) is 0 Å². The number of rotatable bonds is 5. The Morgan fingerprint density at radius 1 is 1.36 bits per heavy atom. The first-order valence-corrected chi connectivity index (χ1v) is 9.70. The molecule has 0 aromatic carbocycles. The van der Waals surface area contributed by atoms with Crippen molar-refractivity contribution in [1.29, 1.82) is 0 Å². The molecule has 22 heavy (non-hydrogen) atoms. The Labute approximate surface area is 131 Å². The quantitative estimate of drug-likeness (QED) is 0.882. The molecule has 0 amide bonds. The van der Waals surface area contributed by atoms with Crippen LogP contribution in [0.1, 0.15) is 69.6 Å². The third-order valence-electron chi connectivity index (χ3n) is 4.69. The van der Waals surface area contributed by atoms with Crippen LogP contribution in [-0.4, -0.2) is 35.2 Å². The highest BCUT2D eigenvalue weighted by Gasteiger charge is 2.41. The van der Waals surface area contributed by atoms with Crippen molar-refractivity contribution >= 4 is 10.0 Å². The van der Waals surface area contributed by atoms with Gasteiger partial charge in [0.05, 0.1) is 11.3 Å². The largest absolute Gasteiger partial charge is 0.337 e. The molecule has 124 valence electrons. The van der Waals surface area contributed by atoms with E-state index in [-0.39, 0.29) is 11.8 Å². The molecule has 1 unspecified atom stereocenters. The molecule has 1 aliphatic heterocycles. The predicted octanol–water partition coefficient (Wildman–Crippen LogP) is 1.67. The van der Waals surface area contributed by atoms with Gasteiger partial charge in [-0.25, -0.2) is 8.42 Å². The molecule has 2 aliphatic rings. The summed E-state index contributed by atoms with van der Waals surface area (Å²) in [5.41, 5.74) is 5.84. The fraction of sp³-hybridized carbons (Fsp3) is 0.857. The fourth-order valence-electron chi connectivity index (χ4n) is 3.50. The summed E-state index contributed by atoms with van der Waals surface area (Å²) in [6, 6.07) is -0.331. The van der Waals surface area contributed by atoms with Crippen LogP contribution < -0.4 is 5.73 Å². The van der Waals surface area contributed by atoms with Gasteiger partial charge in [0.2, 0.25) is 15.9 Å². The van der Waals surface area contributed by atoms with Crippen molar-refractivity contribution < 1.29 is 12.9 Å². The van der Waals surface area contributed by atoms with Crippen molar-refractivity contribution in [3.05, 3.63) is 11.7 Å². The van der Waals surface area contributed by atoms with Crippen LogP contribution in [0.15, 0.2) is 4.52 Å². The van der Waals surface area contributed by atoms with Gasteiger partial charge >= 0.3 is 0 Å². The summed E-state index contributed by atoms with van der Waals surface area (Å²) < 4.78 is 31.6. The van der Waals surface area contributed by atoms with Crippen LogP contribution >= 0.6 is 0 Å². The van der Waals surface area contributed by atoms with Gasteiger partial charge in [-0.05, 0) is 32.1 Å². The first kappa shape index (κ1) is 15.9. The number of aromatic nitrogens is 2. The molecule has 2 N–H and O–H groups in total. The second kappa shape index (κ2) is 5.90. The molecule has 8 heteroatoms. The highest BCUT2D eigenvalue weighted by atomic mass is 32.2. The lowest BCUT2D eigenvalue weighted by Crippen LogP contribution is -2.35. The van der Waals surface area contributed by atoms with Crippen LogP contribution in [0.3, 0.4) is 0 Å². The third-order valence-corrected chi connectivity index (χ3v) is 6.77. The van der Waals surface area contributed by atoms with Crippen molar-refractivity contribution in [2.75, 3.05) is 12.3 Å². The Hall–Kier alpha value is -0.990. The molecule has 2 heterocycles. The average molecular weight is 328 g/mol. The van der Waals surface area contributed by atoms with Crippen LogP contribution in [-0.2, 0) is 15.6 Å². The standard InChI is InChI=1S/C14H24N4O3S/c1-2-10-22(19,20)18-9-5-6-11(18)12-16-13(17-21-12)14(15)7-3-4-8-14/h11H,2-10,15H2,1H3. The number of hydrogen-bond donors (Lipinski definition) is 1. The van der Waals surface area contributed by atoms with E-state index in [1.54, 1.807) is 0 Å². The summed E-state index contributed by atoms with van der Waals surface area (Å²) in [5, 5.41) is 4.04. The molecule has 0 bridgehead atoms. The summed E-state index contributed by atoms with van der Waals surface area (Å²) >= 11 is 0. The van der Waals surface area contributed by atoms with Crippen LogP contribution in [0.2, 0.25) is 0 Å². The highest BCUT2D eigenvalue weighted by molar-refractivity contribution is 7.89. The maximum absolute atomic E-state index is 12.4. The van der Waals surface area contributed by atoms with Gasteiger partial charge in [0.25, 0.3) is 0 Å². The highest BCUT2D eigenvalue weighted by Crippen LogP contribution is 2.37. The van der Waals surface area contributed by atoms with Gasteiger partial charge in [0.1, 0.15) is 6.04 Å². The number of nitrogens with two attached hydrogens (primary N) is 1. The molecular formula is C14H24N4O3S. The van der Waals surface area contributed by atoms with Gasteiger partial charge in [0, 0.05) is 6.54 Å². The van der Waals surface area contributed by atoms with Crippen LogP contribution in [0, 0.1) is 0 Å². The van der Waals surface area contributed by atoms with E-state index in [0.717, 1.165) is 38.5 Å². The second-order valence-electron chi connectivity index (χ2n) is 6.40. The van der Waals surface area contributed by atoms with E-state index in [2.05, 4.69) is 10.1 Å². The lowest BCUT2D eigenvalue weighted by molar-refractivity contribution is 0.285. The van der Waals surface area contributed by atoms with Crippen molar-refractivity contribution in [3.63, 3.8) is 0 Å². The molecule has 2 fully saturated rings. The predicted molar refractivity (Wildman–Crippen MR) is 81.4 cm³/mol. The van der Waals surface area contributed by atoms with Crippen LogP contribution in [0.4, 0.5) is 0 Å². The summed E-state index contributed by atoms with van der Waals surface area (Å²) in [4.78, 5) is 4.46. The summed E-state index contributed by atoms with van der Waals surface area (Å²) in [6.07, 6.45) is 6.00. The van der Waals surface area contributed by atoms with Gasteiger partial charge in [0.15, 0.2) is 5.82 Å². The van der Waals surface area contributed by atoms with E-state index >= 15 is 0 Å². The van der Waals surface area contributed by atoms with E-state index in [1.165, 1.54) is 4.31 Å². The van der Waals surface area contributed by atoms with E-state index < -0.39 is 15.6 Å². The lowest BCUT2D eigenvalue weighted by Gasteiger charge is -2.21.